The summed E-state index contributed by atoms with van der Waals surface area (Å²) < 4.78 is 0. The summed E-state index contributed by atoms with van der Waals surface area (Å²) >= 11 is 2.03. The maximum atomic E-state index is 3.43. The van der Waals surface area contributed by atoms with E-state index in [0.717, 1.165) is 12.5 Å². The molecule has 0 bridgehead atoms. The second kappa shape index (κ2) is 8.41. The van der Waals surface area contributed by atoms with E-state index in [2.05, 4.69) is 26.1 Å². The van der Waals surface area contributed by atoms with Crippen molar-refractivity contribution in [3.05, 3.63) is 0 Å². The van der Waals surface area contributed by atoms with Crippen LogP contribution in [0, 0.1) is 5.92 Å². The molecule has 0 saturated heterocycles. The zero-order chi connectivity index (χ0) is 8.53. The summed E-state index contributed by atoms with van der Waals surface area (Å²) in [5.41, 5.74) is 0. The predicted molar refractivity (Wildman–Crippen MR) is 55.3 cm³/mol. The zero-order valence-corrected chi connectivity index (χ0v) is 8.84. The SMILES string of the molecule is CCSCCCNCC(C)C. The van der Waals surface area contributed by atoms with Crippen LogP contribution in [0.5, 0.6) is 0 Å². The van der Waals surface area contributed by atoms with Crippen molar-refractivity contribution in [1.82, 2.24) is 5.32 Å². The molecule has 0 aliphatic rings. The molecule has 0 aliphatic carbocycles. The first-order valence-electron chi connectivity index (χ1n) is 4.55. The van der Waals surface area contributed by atoms with E-state index in [1.54, 1.807) is 0 Å². The third-order valence-corrected chi connectivity index (χ3v) is 2.38. The molecule has 0 amide bonds. The lowest BCUT2D eigenvalue weighted by molar-refractivity contribution is 0.552. The Balaban J connectivity index is 2.80. The molecule has 2 heteroatoms. The maximum absolute atomic E-state index is 3.43. The largest absolute Gasteiger partial charge is 0.316 e. The average Bonchev–Trinajstić information content (AvgIpc) is 1.96. The third-order valence-electron chi connectivity index (χ3n) is 1.40. The third kappa shape index (κ3) is 10.3. The Morgan fingerprint density at radius 1 is 1.36 bits per heavy atom. The van der Waals surface area contributed by atoms with Crippen molar-refractivity contribution in [2.24, 2.45) is 5.92 Å². The predicted octanol–water partition coefficient (Wildman–Crippen LogP) is 2.38. The second-order valence-electron chi connectivity index (χ2n) is 3.15. The van der Waals surface area contributed by atoms with Crippen molar-refractivity contribution in [2.45, 2.75) is 27.2 Å². The molecular weight excluding hydrogens is 154 g/mol. The fraction of sp³-hybridized carbons (Fsp3) is 1.00. The van der Waals surface area contributed by atoms with Crippen molar-refractivity contribution in [2.75, 3.05) is 24.6 Å². The van der Waals surface area contributed by atoms with Crippen LogP contribution in [-0.4, -0.2) is 24.6 Å². The number of thioether (sulfide) groups is 1. The van der Waals surface area contributed by atoms with Gasteiger partial charge in [-0.15, -0.1) is 0 Å². The van der Waals surface area contributed by atoms with Crippen molar-refractivity contribution >= 4 is 11.8 Å². The van der Waals surface area contributed by atoms with Crippen molar-refractivity contribution in [3.8, 4) is 0 Å². The lowest BCUT2D eigenvalue weighted by atomic mass is 10.2. The number of rotatable bonds is 7. The molecule has 0 aliphatic heterocycles. The molecule has 11 heavy (non-hydrogen) atoms. The molecule has 0 unspecified atom stereocenters. The van der Waals surface area contributed by atoms with Crippen molar-refractivity contribution < 1.29 is 0 Å². The fourth-order valence-electron chi connectivity index (χ4n) is 0.834. The first-order chi connectivity index (χ1) is 5.27. The van der Waals surface area contributed by atoms with Gasteiger partial charge in [0.1, 0.15) is 0 Å². The summed E-state index contributed by atoms with van der Waals surface area (Å²) in [5.74, 6) is 3.35. The van der Waals surface area contributed by atoms with Crippen LogP contribution in [0.3, 0.4) is 0 Å². The van der Waals surface area contributed by atoms with Crippen LogP contribution in [0.4, 0.5) is 0 Å². The molecule has 0 atom stereocenters. The normalized spacial score (nSPS) is 10.9. The summed E-state index contributed by atoms with van der Waals surface area (Å²) in [7, 11) is 0. The molecule has 68 valence electrons. The van der Waals surface area contributed by atoms with Gasteiger partial charge in [0, 0.05) is 0 Å². The van der Waals surface area contributed by atoms with Gasteiger partial charge in [-0.05, 0) is 36.9 Å². The van der Waals surface area contributed by atoms with Gasteiger partial charge >= 0.3 is 0 Å². The quantitative estimate of drug-likeness (QED) is 0.596. The van der Waals surface area contributed by atoms with Crippen LogP contribution in [0.2, 0.25) is 0 Å². The van der Waals surface area contributed by atoms with Crippen molar-refractivity contribution in [1.29, 1.82) is 0 Å². The van der Waals surface area contributed by atoms with E-state index < -0.39 is 0 Å². The molecule has 0 aromatic rings. The molecule has 0 spiro atoms. The Labute approximate surface area is 75.3 Å². The molecular formula is C9H21NS. The van der Waals surface area contributed by atoms with Crippen LogP contribution < -0.4 is 5.32 Å². The Morgan fingerprint density at radius 3 is 2.64 bits per heavy atom. The highest BCUT2D eigenvalue weighted by atomic mass is 32.2. The second-order valence-corrected chi connectivity index (χ2v) is 4.54. The smallest absolute Gasteiger partial charge is 0.00258 e. The number of hydrogen-bond donors (Lipinski definition) is 1. The van der Waals surface area contributed by atoms with Gasteiger partial charge in [-0.2, -0.15) is 11.8 Å². The van der Waals surface area contributed by atoms with E-state index in [0.29, 0.717) is 0 Å². The minimum atomic E-state index is 0.786. The van der Waals surface area contributed by atoms with E-state index in [-0.39, 0.29) is 0 Å². The van der Waals surface area contributed by atoms with Crippen LogP contribution in [-0.2, 0) is 0 Å². The monoisotopic (exact) mass is 175 g/mol. The summed E-state index contributed by atoms with van der Waals surface area (Å²) in [5, 5.41) is 3.43. The molecule has 0 heterocycles. The molecule has 0 saturated carbocycles. The molecule has 1 nitrogen and oxygen atoms in total. The molecule has 0 aromatic heterocycles. The number of hydrogen-bond acceptors (Lipinski definition) is 2. The van der Waals surface area contributed by atoms with E-state index in [4.69, 9.17) is 0 Å². The first kappa shape index (κ1) is 11.3. The summed E-state index contributed by atoms with van der Waals surface area (Å²) in [4.78, 5) is 0. The summed E-state index contributed by atoms with van der Waals surface area (Å²) in [6, 6.07) is 0. The topological polar surface area (TPSA) is 12.0 Å². The van der Waals surface area contributed by atoms with Gasteiger partial charge in [0.25, 0.3) is 0 Å². The molecule has 1 N–H and O–H groups in total. The minimum Gasteiger partial charge on any atom is -0.316 e. The highest BCUT2D eigenvalue weighted by Gasteiger charge is 1.91. The lowest BCUT2D eigenvalue weighted by Gasteiger charge is -2.06. The minimum absolute atomic E-state index is 0.786. The number of nitrogens with one attached hydrogen (secondary N) is 1. The average molecular weight is 175 g/mol. The first-order valence-corrected chi connectivity index (χ1v) is 5.71. The molecule has 0 rings (SSSR count). The fourth-order valence-corrected chi connectivity index (χ4v) is 1.47. The Hall–Kier alpha value is 0.310. The summed E-state index contributed by atoms with van der Waals surface area (Å²) in [6.07, 6.45) is 1.31. The van der Waals surface area contributed by atoms with Gasteiger partial charge in [0.05, 0.1) is 0 Å². The van der Waals surface area contributed by atoms with E-state index in [9.17, 15) is 0 Å². The summed E-state index contributed by atoms with van der Waals surface area (Å²) in [6.45, 7) is 9.05. The van der Waals surface area contributed by atoms with Gasteiger partial charge in [-0.25, -0.2) is 0 Å². The van der Waals surface area contributed by atoms with Crippen LogP contribution >= 0.6 is 11.8 Å². The van der Waals surface area contributed by atoms with Crippen LogP contribution in [0.25, 0.3) is 0 Å². The van der Waals surface area contributed by atoms with Gasteiger partial charge in [0.15, 0.2) is 0 Å². The standard InChI is InChI=1S/C9H21NS/c1-4-11-7-5-6-10-8-9(2)3/h9-10H,4-8H2,1-3H3. The maximum Gasteiger partial charge on any atom is -0.00258 e. The molecule has 0 fully saturated rings. The zero-order valence-electron chi connectivity index (χ0n) is 8.02. The Morgan fingerprint density at radius 2 is 2.09 bits per heavy atom. The lowest BCUT2D eigenvalue weighted by Crippen LogP contribution is -2.21. The van der Waals surface area contributed by atoms with Gasteiger partial charge in [-0.1, -0.05) is 20.8 Å². The van der Waals surface area contributed by atoms with Crippen LogP contribution in [0.15, 0.2) is 0 Å². The Bertz CT molecular complexity index is 74.0. The van der Waals surface area contributed by atoms with Gasteiger partial charge in [-0.3, -0.25) is 0 Å². The van der Waals surface area contributed by atoms with Crippen LogP contribution in [0.1, 0.15) is 27.2 Å². The van der Waals surface area contributed by atoms with E-state index in [1.807, 2.05) is 11.8 Å². The van der Waals surface area contributed by atoms with Gasteiger partial charge < -0.3 is 5.32 Å². The highest BCUT2D eigenvalue weighted by molar-refractivity contribution is 7.99. The van der Waals surface area contributed by atoms with E-state index in [1.165, 1.54) is 24.5 Å². The highest BCUT2D eigenvalue weighted by Crippen LogP contribution is 1.99. The Kier molecular flexibility index (Phi) is 8.64. The molecule has 0 radical (unpaired) electrons. The van der Waals surface area contributed by atoms with E-state index >= 15 is 0 Å². The molecule has 0 aromatic carbocycles. The van der Waals surface area contributed by atoms with Crippen molar-refractivity contribution in [3.63, 3.8) is 0 Å². The van der Waals surface area contributed by atoms with Gasteiger partial charge in [0.2, 0.25) is 0 Å².